The van der Waals surface area contributed by atoms with Crippen LogP contribution in [0.15, 0.2) is 34.9 Å². The minimum absolute atomic E-state index is 0.118. The molecule has 0 saturated heterocycles. The van der Waals surface area contributed by atoms with Crippen molar-refractivity contribution >= 4 is 29.2 Å². The van der Waals surface area contributed by atoms with Crippen molar-refractivity contribution in [3.05, 3.63) is 52.4 Å². The molecule has 0 bridgehead atoms. The molecule has 0 aliphatic carbocycles. The van der Waals surface area contributed by atoms with Crippen LogP contribution < -0.4 is 5.32 Å². The molecule has 0 fully saturated rings. The fraction of sp³-hybridized carbons (Fsp3) is 0. The number of hydrogen-bond acceptors (Lipinski definition) is 4. The second kappa shape index (κ2) is 5.47. The highest BCUT2D eigenvalue weighted by Crippen LogP contribution is 2.21. The average molecular weight is 291 g/mol. The molecule has 20 heavy (non-hydrogen) atoms. The molecule has 1 amide bonds. The molecular formula is C13H7ClN2O4. The summed E-state index contributed by atoms with van der Waals surface area (Å²) in [5.41, 5.74) is 0.538. The molecule has 0 atom stereocenters. The molecule has 2 rings (SSSR count). The Morgan fingerprint density at radius 3 is 2.65 bits per heavy atom. The number of aromatic carboxylic acids is 1. The molecule has 2 aromatic rings. The molecule has 2 N–H and O–H groups in total. The lowest BCUT2D eigenvalue weighted by atomic mass is 10.2. The van der Waals surface area contributed by atoms with Crippen LogP contribution in [0.4, 0.5) is 5.69 Å². The molecule has 1 aromatic heterocycles. The van der Waals surface area contributed by atoms with Gasteiger partial charge < -0.3 is 14.8 Å². The van der Waals surface area contributed by atoms with Gasteiger partial charge in [-0.3, -0.25) is 4.79 Å². The predicted octanol–water partition coefficient (Wildman–Crippen LogP) is 2.76. The van der Waals surface area contributed by atoms with E-state index in [1.165, 1.54) is 18.2 Å². The van der Waals surface area contributed by atoms with Gasteiger partial charge >= 0.3 is 5.97 Å². The van der Waals surface area contributed by atoms with Gasteiger partial charge in [-0.2, -0.15) is 5.26 Å². The van der Waals surface area contributed by atoms with E-state index in [1.54, 1.807) is 0 Å². The first kappa shape index (κ1) is 13.6. The second-order valence-electron chi connectivity index (χ2n) is 3.77. The zero-order valence-corrected chi connectivity index (χ0v) is 10.6. The zero-order valence-electron chi connectivity index (χ0n) is 9.88. The van der Waals surface area contributed by atoms with Crippen molar-refractivity contribution in [2.24, 2.45) is 0 Å². The Morgan fingerprint density at radius 2 is 2.10 bits per heavy atom. The monoisotopic (exact) mass is 290 g/mol. The minimum Gasteiger partial charge on any atom is -0.478 e. The van der Waals surface area contributed by atoms with Crippen LogP contribution >= 0.6 is 11.6 Å². The maximum atomic E-state index is 11.8. The van der Waals surface area contributed by atoms with Crippen LogP contribution in [0.3, 0.4) is 0 Å². The number of nitriles is 1. The molecule has 100 valence electrons. The predicted molar refractivity (Wildman–Crippen MR) is 69.8 cm³/mol. The van der Waals surface area contributed by atoms with Crippen molar-refractivity contribution in [1.82, 2.24) is 0 Å². The van der Waals surface area contributed by atoms with E-state index in [0.717, 1.165) is 12.3 Å². The van der Waals surface area contributed by atoms with E-state index in [9.17, 15) is 9.59 Å². The van der Waals surface area contributed by atoms with Gasteiger partial charge in [-0.15, -0.1) is 0 Å². The lowest BCUT2D eigenvalue weighted by Crippen LogP contribution is -2.11. The number of carbonyl (C=O) groups is 2. The molecule has 0 aliphatic rings. The Hall–Kier alpha value is -2.78. The van der Waals surface area contributed by atoms with E-state index in [4.69, 9.17) is 26.4 Å². The summed E-state index contributed by atoms with van der Waals surface area (Å²) in [6.45, 7) is 0. The number of hydrogen-bond donors (Lipinski definition) is 2. The van der Waals surface area contributed by atoms with Crippen molar-refractivity contribution in [1.29, 1.82) is 5.26 Å². The maximum Gasteiger partial charge on any atom is 0.338 e. The Bertz CT molecular complexity index is 730. The summed E-state index contributed by atoms with van der Waals surface area (Å²) in [6, 6.07) is 7.39. The third-order valence-electron chi connectivity index (χ3n) is 2.42. The summed E-state index contributed by atoms with van der Waals surface area (Å²) in [6.07, 6.45) is 0.975. The summed E-state index contributed by atoms with van der Waals surface area (Å²) >= 11 is 5.83. The van der Waals surface area contributed by atoms with Crippen molar-refractivity contribution in [3.63, 3.8) is 0 Å². The molecule has 6 nitrogen and oxygen atoms in total. The smallest absolute Gasteiger partial charge is 0.338 e. The largest absolute Gasteiger partial charge is 0.478 e. The van der Waals surface area contributed by atoms with Crippen molar-refractivity contribution in [2.45, 2.75) is 0 Å². The number of carboxylic acid groups (broad SMARTS) is 1. The van der Waals surface area contributed by atoms with Gasteiger partial charge in [0, 0.05) is 11.8 Å². The number of nitrogens with one attached hydrogen (secondary N) is 1. The Balaban J connectivity index is 2.17. The highest BCUT2D eigenvalue weighted by Gasteiger charge is 2.15. The number of carboxylic acids is 1. The summed E-state index contributed by atoms with van der Waals surface area (Å²) in [5.74, 6) is -1.93. The van der Waals surface area contributed by atoms with E-state index >= 15 is 0 Å². The summed E-state index contributed by atoms with van der Waals surface area (Å²) in [5, 5.41) is 20.1. The normalized spacial score (nSPS) is 9.80. The molecule has 0 spiro atoms. The van der Waals surface area contributed by atoms with E-state index in [1.807, 2.05) is 6.07 Å². The van der Waals surface area contributed by atoms with Gasteiger partial charge in [0.1, 0.15) is 12.3 Å². The van der Waals surface area contributed by atoms with Crippen LogP contribution in [0.25, 0.3) is 0 Å². The van der Waals surface area contributed by atoms with E-state index in [0.29, 0.717) is 5.69 Å². The molecule has 0 aliphatic heterocycles. The van der Waals surface area contributed by atoms with Crippen molar-refractivity contribution in [2.75, 3.05) is 5.32 Å². The van der Waals surface area contributed by atoms with Crippen LogP contribution in [0.2, 0.25) is 5.02 Å². The van der Waals surface area contributed by atoms with E-state index < -0.39 is 11.9 Å². The molecule has 7 heteroatoms. The number of furan rings is 1. The first-order valence-corrected chi connectivity index (χ1v) is 5.72. The van der Waals surface area contributed by atoms with Crippen LogP contribution in [0.5, 0.6) is 0 Å². The van der Waals surface area contributed by atoms with Crippen LogP contribution in [0.1, 0.15) is 26.5 Å². The molecule has 1 heterocycles. The highest BCUT2D eigenvalue weighted by molar-refractivity contribution is 6.32. The number of halogens is 1. The third-order valence-corrected chi connectivity index (χ3v) is 2.73. The quantitative estimate of drug-likeness (QED) is 0.904. The first-order valence-electron chi connectivity index (χ1n) is 5.34. The van der Waals surface area contributed by atoms with Gasteiger partial charge in [-0.25, -0.2) is 4.79 Å². The van der Waals surface area contributed by atoms with Gasteiger partial charge in [-0.05, 0) is 18.2 Å². The van der Waals surface area contributed by atoms with Gasteiger partial charge in [0.2, 0.25) is 0 Å². The first-order chi connectivity index (χ1) is 9.51. The van der Waals surface area contributed by atoms with Gasteiger partial charge in [-0.1, -0.05) is 11.6 Å². The highest BCUT2D eigenvalue weighted by atomic mass is 35.5. The number of anilines is 1. The standard InChI is InChI=1S/C13H7ClN2O4/c14-10-4-9(2-1-7(10)5-15)16-12(17)11-3-8(6-20-11)13(18)19/h1-4,6H,(H,16,17)(H,18,19). The Morgan fingerprint density at radius 1 is 1.35 bits per heavy atom. The van der Waals surface area contributed by atoms with Crippen LogP contribution in [-0.2, 0) is 0 Å². The number of rotatable bonds is 3. The maximum absolute atomic E-state index is 11.8. The SMILES string of the molecule is N#Cc1ccc(NC(=O)c2cc(C(=O)O)co2)cc1Cl. The van der Waals surface area contributed by atoms with Gasteiger partial charge in [0.05, 0.1) is 16.1 Å². The number of benzene rings is 1. The fourth-order valence-corrected chi connectivity index (χ4v) is 1.67. The number of carbonyl (C=O) groups excluding carboxylic acids is 1. The molecule has 0 saturated carbocycles. The fourth-order valence-electron chi connectivity index (χ4n) is 1.44. The Labute approximate surface area is 118 Å². The average Bonchev–Trinajstić information content (AvgIpc) is 2.88. The third kappa shape index (κ3) is 2.79. The van der Waals surface area contributed by atoms with Crippen LogP contribution in [0, 0.1) is 11.3 Å². The topological polar surface area (TPSA) is 103 Å². The summed E-state index contributed by atoms with van der Waals surface area (Å²) < 4.78 is 4.86. The van der Waals surface area contributed by atoms with Crippen LogP contribution in [-0.4, -0.2) is 17.0 Å². The molecule has 1 aromatic carbocycles. The molecule has 0 unspecified atom stereocenters. The summed E-state index contributed by atoms with van der Waals surface area (Å²) in [7, 11) is 0. The lowest BCUT2D eigenvalue weighted by Gasteiger charge is -2.04. The second-order valence-corrected chi connectivity index (χ2v) is 4.17. The van der Waals surface area contributed by atoms with E-state index in [-0.39, 0.29) is 21.9 Å². The number of amides is 1. The Kier molecular flexibility index (Phi) is 3.73. The van der Waals surface area contributed by atoms with E-state index in [2.05, 4.69) is 5.32 Å². The number of nitrogens with zero attached hydrogens (tertiary/aromatic N) is 1. The molecular weight excluding hydrogens is 284 g/mol. The van der Waals surface area contributed by atoms with Gasteiger partial charge in [0.15, 0.2) is 5.76 Å². The van der Waals surface area contributed by atoms with Gasteiger partial charge in [0.25, 0.3) is 5.91 Å². The summed E-state index contributed by atoms with van der Waals surface area (Å²) in [4.78, 5) is 22.5. The van der Waals surface area contributed by atoms with Crippen molar-refractivity contribution in [3.8, 4) is 6.07 Å². The zero-order chi connectivity index (χ0) is 14.7. The lowest BCUT2D eigenvalue weighted by molar-refractivity contribution is 0.0696. The minimum atomic E-state index is -1.19. The van der Waals surface area contributed by atoms with Crippen molar-refractivity contribution < 1.29 is 19.1 Å². The molecule has 0 radical (unpaired) electrons.